The van der Waals surface area contributed by atoms with E-state index in [-0.39, 0.29) is 6.54 Å². The van der Waals surface area contributed by atoms with Crippen LogP contribution in [0.1, 0.15) is 53.1 Å². The molecule has 2 aliphatic heterocycles. The molecule has 0 radical (unpaired) electrons. The van der Waals surface area contributed by atoms with Crippen LogP contribution in [0.4, 0.5) is 17.6 Å². The minimum absolute atomic E-state index is 0.165. The molecular formula is C28H33F4N3O6S. The lowest BCUT2D eigenvalue weighted by Crippen LogP contribution is -2.47. The van der Waals surface area contributed by atoms with Crippen molar-refractivity contribution in [3.05, 3.63) is 71.0 Å². The number of nitrogens with two attached hydrogens (primary N) is 1. The number of piperidine rings is 1. The molecule has 0 spiro atoms. The Morgan fingerprint density at radius 1 is 1.05 bits per heavy atom. The van der Waals surface area contributed by atoms with Gasteiger partial charge in [0.2, 0.25) is 11.8 Å². The van der Waals surface area contributed by atoms with Gasteiger partial charge in [-0.2, -0.15) is 13.2 Å². The molecule has 2 bridgehead atoms. The summed E-state index contributed by atoms with van der Waals surface area (Å²) in [4.78, 5) is 37.3. The number of hydrogen-bond acceptors (Lipinski definition) is 6. The van der Waals surface area contributed by atoms with Crippen molar-refractivity contribution in [1.82, 2.24) is 9.80 Å². The Balaban J connectivity index is 0.000000616. The van der Waals surface area contributed by atoms with Crippen LogP contribution in [0.5, 0.6) is 0 Å². The van der Waals surface area contributed by atoms with E-state index in [4.69, 9.17) is 15.6 Å². The molecule has 2 fully saturated rings. The van der Waals surface area contributed by atoms with Crippen LogP contribution in [-0.4, -0.2) is 84.5 Å². The highest BCUT2D eigenvalue weighted by molar-refractivity contribution is 7.91. The third-order valence-electron chi connectivity index (χ3n) is 7.40. The van der Waals surface area contributed by atoms with Gasteiger partial charge in [-0.05, 0) is 67.0 Å². The number of fused-ring (bicyclic) bond motifs is 2. The van der Waals surface area contributed by atoms with Crippen LogP contribution in [0.2, 0.25) is 0 Å². The lowest BCUT2D eigenvalue weighted by molar-refractivity contribution is -0.192. The summed E-state index contributed by atoms with van der Waals surface area (Å²) in [6.07, 6.45) is 0.0129. The van der Waals surface area contributed by atoms with Gasteiger partial charge in [0.1, 0.15) is 11.6 Å². The smallest absolute Gasteiger partial charge is 0.475 e. The SMILES string of the molecule is CS(=O)(=O)CC(=O)N(CCN1[C@@H]2CC[C@H]1CC(c1cccc(C(N)=O)c1)C2)Cc1cccc(F)c1.O=C(O)C(F)(F)F. The Kier molecular flexibility index (Phi) is 10.7. The number of aliphatic carboxylic acids is 1. The van der Waals surface area contributed by atoms with Crippen LogP contribution in [0.25, 0.3) is 0 Å². The van der Waals surface area contributed by atoms with Gasteiger partial charge in [0.15, 0.2) is 9.84 Å². The van der Waals surface area contributed by atoms with Gasteiger partial charge in [0.05, 0.1) is 0 Å². The molecule has 2 aliphatic rings. The van der Waals surface area contributed by atoms with Gasteiger partial charge in [-0.3, -0.25) is 14.5 Å². The maximum atomic E-state index is 13.7. The zero-order valence-corrected chi connectivity index (χ0v) is 23.7. The molecule has 14 heteroatoms. The Morgan fingerprint density at radius 3 is 2.17 bits per heavy atom. The molecule has 9 nitrogen and oxygen atoms in total. The van der Waals surface area contributed by atoms with Crippen molar-refractivity contribution >= 4 is 27.6 Å². The minimum atomic E-state index is -5.08. The van der Waals surface area contributed by atoms with Crippen LogP contribution in [0, 0.1) is 5.82 Å². The van der Waals surface area contributed by atoms with Crippen molar-refractivity contribution in [3.8, 4) is 0 Å². The van der Waals surface area contributed by atoms with Crippen molar-refractivity contribution < 1.29 is 45.5 Å². The summed E-state index contributed by atoms with van der Waals surface area (Å²) in [5.41, 5.74) is 7.74. The van der Waals surface area contributed by atoms with E-state index in [2.05, 4.69) is 11.0 Å². The Bertz CT molecular complexity index is 1390. The molecule has 0 saturated carbocycles. The van der Waals surface area contributed by atoms with E-state index in [1.807, 2.05) is 12.1 Å². The molecule has 42 heavy (non-hydrogen) atoms. The standard InChI is InChI=1S/C26H32FN3O4S.C2HF3O2/c1-35(33,34)17-25(31)29(16-18-4-2-7-22(27)12-18)10-11-30-23-8-9-24(30)15-21(14-23)19-5-3-6-20(13-19)26(28)32;3-2(4,5)1(6)7/h2-7,12-13,21,23-24H,8-11,14-17H2,1H3,(H2,28,32);(H,6,7)/t21?,23-,24+;. The fourth-order valence-electron chi connectivity index (χ4n) is 5.56. The number of rotatable bonds is 9. The maximum absolute atomic E-state index is 13.7. The minimum Gasteiger partial charge on any atom is -0.475 e. The van der Waals surface area contributed by atoms with E-state index in [9.17, 15) is 35.6 Å². The number of carbonyl (C=O) groups excluding carboxylic acids is 2. The first-order valence-corrected chi connectivity index (χ1v) is 15.2. The van der Waals surface area contributed by atoms with E-state index in [1.165, 1.54) is 17.0 Å². The van der Waals surface area contributed by atoms with Crippen molar-refractivity contribution in [2.45, 2.75) is 56.4 Å². The molecule has 2 saturated heterocycles. The molecule has 230 valence electrons. The van der Waals surface area contributed by atoms with E-state index >= 15 is 0 Å². The summed E-state index contributed by atoms with van der Waals surface area (Å²) < 4.78 is 69.0. The molecule has 0 aromatic heterocycles. The molecule has 0 aliphatic carbocycles. The van der Waals surface area contributed by atoms with Crippen LogP contribution in [-0.2, 0) is 26.0 Å². The van der Waals surface area contributed by atoms with Gasteiger partial charge in [-0.1, -0.05) is 24.3 Å². The quantitative estimate of drug-likeness (QED) is 0.413. The van der Waals surface area contributed by atoms with Gasteiger partial charge in [0, 0.05) is 43.5 Å². The predicted octanol–water partition coefficient (Wildman–Crippen LogP) is 3.34. The molecule has 1 unspecified atom stereocenters. The molecule has 4 rings (SSSR count). The van der Waals surface area contributed by atoms with E-state index in [0.29, 0.717) is 42.2 Å². The summed E-state index contributed by atoms with van der Waals surface area (Å²) in [6.45, 7) is 1.17. The average Bonchev–Trinajstić information content (AvgIpc) is 3.11. The highest BCUT2D eigenvalue weighted by Gasteiger charge is 2.41. The van der Waals surface area contributed by atoms with E-state index < -0.39 is 45.4 Å². The fraction of sp³-hybridized carbons (Fsp3) is 0.464. The normalized spacial score (nSPS) is 20.4. The second-order valence-electron chi connectivity index (χ2n) is 10.6. The van der Waals surface area contributed by atoms with Crippen molar-refractivity contribution in [1.29, 1.82) is 0 Å². The first kappa shape index (κ1) is 33.0. The number of halogens is 4. The van der Waals surface area contributed by atoms with Crippen LogP contribution >= 0.6 is 0 Å². The highest BCUT2D eigenvalue weighted by atomic mass is 32.2. The number of sulfone groups is 1. The van der Waals surface area contributed by atoms with Crippen LogP contribution in [0.15, 0.2) is 48.5 Å². The van der Waals surface area contributed by atoms with Gasteiger partial charge < -0.3 is 15.7 Å². The number of carboxylic acids is 1. The first-order chi connectivity index (χ1) is 19.5. The summed E-state index contributed by atoms with van der Waals surface area (Å²) in [7, 11) is -3.48. The number of hydrogen-bond donors (Lipinski definition) is 2. The van der Waals surface area contributed by atoms with Crippen LogP contribution in [0.3, 0.4) is 0 Å². The van der Waals surface area contributed by atoms with E-state index in [0.717, 1.165) is 37.5 Å². The molecule has 2 aromatic carbocycles. The molecule has 3 N–H and O–H groups in total. The molecule has 2 heterocycles. The van der Waals surface area contributed by atoms with E-state index in [1.54, 1.807) is 18.2 Å². The highest BCUT2D eigenvalue weighted by Crippen LogP contribution is 2.43. The predicted molar refractivity (Wildman–Crippen MR) is 146 cm³/mol. The molecule has 2 aromatic rings. The monoisotopic (exact) mass is 615 g/mol. The number of alkyl halides is 3. The summed E-state index contributed by atoms with van der Waals surface area (Å²) in [5, 5.41) is 7.12. The molecule has 3 atom stereocenters. The average molecular weight is 616 g/mol. The summed E-state index contributed by atoms with van der Waals surface area (Å²) in [5.74, 6) is -4.26. The second kappa shape index (κ2) is 13.6. The summed E-state index contributed by atoms with van der Waals surface area (Å²) >= 11 is 0. The van der Waals surface area contributed by atoms with Gasteiger partial charge in [-0.25, -0.2) is 17.6 Å². The Labute approximate surface area is 241 Å². The zero-order valence-electron chi connectivity index (χ0n) is 22.9. The lowest BCUT2D eigenvalue weighted by atomic mass is 9.84. The zero-order chi connectivity index (χ0) is 31.2. The maximum Gasteiger partial charge on any atom is 0.490 e. The third-order valence-corrected chi connectivity index (χ3v) is 8.17. The van der Waals surface area contributed by atoms with Gasteiger partial charge in [-0.15, -0.1) is 0 Å². The second-order valence-corrected chi connectivity index (χ2v) is 12.7. The Morgan fingerprint density at radius 2 is 1.64 bits per heavy atom. The fourth-order valence-corrected chi connectivity index (χ4v) is 6.19. The number of benzene rings is 2. The number of carbonyl (C=O) groups is 3. The van der Waals surface area contributed by atoms with Crippen molar-refractivity contribution in [2.75, 3.05) is 25.1 Å². The van der Waals surface area contributed by atoms with Gasteiger partial charge in [0.25, 0.3) is 0 Å². The van der Waals surface area contributed by atoms with Crippen LogP contribution < -0.4 is 5.73 Å². The van der Waals surface area contributed by atoms with Crippen molar-refractivity contribution in [3.63, 3.8) is 0 Å². The molecular weight excluding hydrogens is 582 g/mol. The van der Waals surface area contributed by atoms with Gasteiger partial charge >= 0.3 is 12.1 Å². The largest absolute Gasteiger partial charge is 0.490 e. The summed E-state index contributed by atoms with van der Waals surface area (Å²) in [6, 6.07) is 14.3. The molecule has 2 amide bonds. The number of amides is 2. The lowest BCUT2D eigenvalue weighted by Gasteiger charge is -2.40. The topological polar surface area (TPSA) is 138 Å². The third kappa shape index (κ3) is 9.51. The Hall–Kier alpha value is -3.52. The number of carboxylic acid groups (broad SMARTS) is 1. The first-order valence-electron chi connectivity index (χ1n) is 13.2. The number of primary amides is 1. The number of nitrogens with zero attached hydrogens (tertiary/aromatic N) is 2. The van der Waals surface area contributed by atoms with Crippen molar-refractivity contribution in [2.24, 2.45) is 5.73 Å².